The zero-order chi connectivity index (χ0) is 20.1. The first-order chi connectivity index (χ1) is 13.5. The van der Waals surface area contributed by atoms with Crippen molar-refractivity contribution in [1.82, 2.24) is 15.0 Å². The van der Waals surface area contributed by atoms with Crippen LogP contribution in [0, 0.1) is 5.92 Å². The topological polar surface area (TPSA) is 97.0 Å². The highest BCUT2D eigenvalue weighted by atomic mass is 32.2. The highest BCUT2D eigenvalue weighted by Crippen LogP contribution is 2.33. The number of nitrogens with one attached hydrogen (secondary N) is 1. The summed E-state index contributed by atoms with van der Waals surface area (Å²) in [4.78, 5) is 14.0. The molecule has 0 amide bonds. The molecule has 6 nitrogen and oxygen atoms in total. The van der Waals surface area contributed by atoms with Gasteiger partial charge in [0.1, 0.15) is 4.70 Å². The number of nitrogens with two attached hydrogens (primary N) is 1. The molecule has 1 atom stereocenters. The van der Waals surface area contributed by atoms with Gasteiger partial charge in [-0.15, -0.1) is 0 Å². The number of nitrogens with zero attached hydrogens (tertiary/aromatic N) is 3. The van der Waals surface area contributed by atoms with Gasteiger partial charge in [-0.25, -0.2) is 15.0 Å². The molecule has 3 rings (SSSR count). The smallest absolute Gasteiger partial charge is 0.191 e. The van der Waals surface area contributed by atoms with Crippen LogP contribution in [0.15, 0.2) is 34.3 Å². The minimum atomic E-state index is -0.122. The summed E-state index contributed by atoms with van der Waals surface area (Å²) in [6.45, 7) is 4.21. The fourth-order valence-electron chi connectivity index (χ4n) is 2.76. The predicted molar refractivity (Wildman–Crippen MR) is 117 cm³/mol. The Bertz CT molecular complexity index is 937. The third-order valence-electron chi connectivity index (χ3n) is 3.98. The molecule has 0 aliphatic rings. The van der Waals surface area contributed by atoms with E-state index >= 15 is 0 Å². The molecule has 0 aliphatic heterocycles. The van der Waals surface area contributed by atoms with E-state index in [-0.39, 0.29) is 24.8 Å². The van der Waals surface area contributed by atoms with E-state index in [1.807, 2.05) is 18.2 Å². The number of aromatic nitrogens is 3. The lowest BCUT2D eigenvalue weighted by atomic mass is 10.0. The summed E-state index contributed by atoms with van der Waals surface area (Å²) >= 11 is 2.96. The van der Waals surface area contributed by atoms with Crippen molar-refractivity contribution < 1.29 is 8.99 Å². The first-order valence-electron chi connectivity index (χ1n) is 8.81. The predicted octanol–water partition coefficient (Wildman–Crippen LogP) is 4.76. The fraction of sp³-hybridized carbons (Fsp3) is 0.389. The molecule has 150 valence electrons. The Balaban J connectivity index is 1.86. The van der Waals surface area contributed by atoms with Crippen molar-refractivity contribution in [2.24, 2.45) is 5.92 Å². The van der Waals surface area contributed by atoms with Crippen LogP contribution in [0.2, 0.25) is 0 Å². The summed E-state index contributed by atoms with van der Waals surface area (Å²) in [5.74, 6) is 1.58. The minimum Gasteiger partial charge on any atom is -0.394 e. The van der Waals surface area contributed by atoms with Gasteiger partial charge in [-0.1, -0.05) is 55.1 Å². The van der Waals surface area contributed by atoms with Crippen molar-refractivity contribution in [1.29, 1.82) is 0 Å². The van der Waals surface area contributed by atoms with Gasteiger partial charge in [0.2, 0.25) is 0 Å². The first-order valence-corrected chi connectivity index (χ1v) is 11.3. The first kappa shape index (κ1) is 21.1. The molecule has 0 saturated carbocycles. The van der Waals surface area contributed by atoms with Crippen LogP contribution in [-0.4, -0.2) is 32.7 Å². The summed E-state index contributed by atoms with van der Waals surface area (Å²) < 4.78 is 13.9. The number of nitrogen functional groups attached to an aromatic ring is 1. The van der Waals surface area contributed by atoms with Gasteiger partial charge >= 0.3 is 0 Å². The number of rotatable bonds is 9. The number of thiazole rings is 1. The van der Waals surface area contributed by atoms with Crippen LogP contribution in [0.1, 0.15) is 25.8 Å². The molecular formula is C18H22FN5OS3. The lowest BCUT2D eigenvalue weighted by molar-refractivity contribution is 0.259. The van der Waals surface area contributed by atoms with Crippen molar-refractivity contribution in [2.75, 3.05) is 17.7 Å². The van der Waals surface area contributed by atoms with Crippen LogP contribution in [0.3, 0.4) is 0 Å². The van der Waals surface area contributed by atoms with Crippen molar-refractivity contribution in [3.05, 3.63) is 29.8 Å². The Morgan fingerprint density at radius 1 is 1.25 bits per heavy atom. The quantitative estimate of drug-likeness (QED) is 0.324. The van der Waals surface area contributed by atoms with Gasteiger partial charge in [0.15, 0.2) is 21.8 Å². The molecule has 2 heterocycles. The molecule has 3 aromatic rings. The average molecular weight is 440 g/mol. The highest BCUT2D eigenvalue weighted by Gasteiger charge is 2.17. The molecule has 0 fully saturated rings. The monoisotopic (exact) mass is 439 g/mol. The number of thioether (sulfide) groups is 1. The van der Waals surface area contributed by atoms with Crippen LogP contribution < -0.4 is 11.1 Å². The Hall–Kier alpha value is -1.62. The number of fused-ring (bicyclic) bond motifs is 1. The van der Waals surface area contributed by atoms with E-state index in [2.05, 4.69) is 34.1 Å². The van der Waals surface area contributed by atoms with Crippen molar-refractivity contribution >= 4 is 56.5 Å². The molecule has 10 heteroatoms. The fourth-order valence-corrected chi connectivity index (χ4v) is 4.79. The summed E-state index contributed by atoms with van der Waals surface area (Å²) in [5.41, 5.74) is 7.27. The Morgan fingerprint density at radius 2 is 2.04 bits per heavy atom. The number of anilines is 2. The standard InChI is InChI=1S/C18H22FN5OS3/c1-10(2)7-12(8-25)21-15-14-16(22-17(20)27-14)24-18(23-15)26-9-11-5-3-4-6-13(11)28-19/h3-6,10,12,25H,7-9H2,1-2H3,(H3,20,21,22,23,24). The molecule has 4 N–H and O–H groups in total. The average Bonchev–Trinajstić information content (AvgIpc) is 3.06. The summed E-state index contributed by atoms with van der Waals surface area (Å²) in [7, 11) is 0. The van der Waals surface area contributed by atoms with Crippen molar-refractivity contribution in [3.8, 4) is 0 Å². The zero-order valence-corrected chi connectivity index (χ0v) is 18.0. The van der Waals surface area contributed by atoms with Crippen LogP contribution >= 0.6 is 35.2 Å². The molecule has 28 heavy (non-hydrogen) atoms. The molecule has 0 radical (unpaired) electrons. The normalized spacial score (nSPS) is 12.6. The van der Waals surface area contributed by atoms with Gasteiger partial charge in [-0.05, 0) is 24.0 Å². The van der Waals surface area contributed by atoms with Gasteiger partial charge in [-0.2, -0.15) is 3.89 Å². The molecule has 0 bridgehead atoms. The summed E-state index contributed by atoms with van der Waals surface area (Å²) in [6.07, 6.45) is 0.805. The van der Waals surface area contributed by atoms with E-state index in [0.717, 1.165) is 16.7 Å². The Morgan fingerprint density at radius 3 is 2.75 bits per heavy atom. The van der Waals surface area contributed by atoms with Gasteiger partial charge in [0, 0.05) is 10.6 Å². The van der Waals surface area contributed by atoms with Crippen LogP contribution in [0.5, 0.6) is 0 Å². The van der Waals surface area contributed by atoms with Crippen molar-refractivity contribution in [3.63, 3.8) is 0 Å². The Kier molecular flexibility index (Phi) is 7.33. The van der Waals surface area contributed by atoms with Gasteiger partial charge in [0.05, 0.1) is 24.8 Å². The SMILES string of the molecule is CC(C)CC(CO)Nc1nc(SCc2ccccc2SF)nc2nc(N)sc12. The lowest BCUT2D eigenvalue weighted by Gasteiger charge is -2.19. The molecule has 0 saturated heterocycles. The largest absolute Gasteiger partial charge is 0.394 e. The maximum atomic E-state index is 13.1. The lowest BCUT2D eigenvalue weighted by Crippen LogP contribution is -2.26. The molecule has 1 unspecified atom stereocenters. The van der Waals surface area contributed by atoms with Crippen molar-refractivity contribution in [2.45, 2.75) is 42.1 Å². The number of aliphatic hydroxyl groups is 1. The second-order valence-corrected chi connectivity index (χ2v) is 9.25. The summed E-state index contributed by atoms with van der Waals surface area (Å²) in [5, 5.41) is 14.0. The van der Waals surface area contributed by atoms with E-state index in [9.17, 15) is 8.99 Å². The van der Waals surface area contributed by atoms with Crippen LogP contribution in [0.4, 0.5) is 14.8 Å². The van der Waals surface area contributed by atoms with E-state index in [0.29, 0.717) is 38.3 Å². The second-order valence-electron chi connectivity index (χ2n) is 6.69. The number of halogens is 1. The maximum Gasteiger partial charge on any atom is 0.191 e. The van der Waals surface area contributed by atoms with E-state index in [1.165, 1.54) is 23.1 Å². The number of aliphatic hydroxyl groups excluding tert-OH is 1. The molecule has 1 aromatic carbocycles. The number of benzene rings is 1. The van der Waals surface area contributed by atoms with Crippen LogP contribution in [0.25, 0.3) is 10.3 Å². The molecule has 0 spiro atoms. The highest BCUT2D eigenvalue weighted by molar-refractivity contribution is 7.98. The summed E-state index contributed by atoms with van der Waals surface area (Å²) in [6, 6.07) is 7.20. The van der Waals surface area contributed by atoms with Gasteiger partial charge < -0.3 is 16.2 Å². The van der Waals surface area contributed by atoms with E-state index < -0.39 is 0 Å². The molecule has 2 aromatic heterocycles. The van der Waals surface area contributed by atoms with E-state index in [1.54, 1.807) is 6.07 Å². The van der Waals surface area contributed by atoms with E-state index in [4.69, 9.17) is 5.73 Å². The number of hydrogen-bond donors (Lipinski definition) is 3. The molecular weight excluding hydrogens is 417 g/mol. The third-order valence-corrected chi connectivity index (χ3v) is 6.32. The zero-order valence-electron chi connectivity index (χ0n) is 15.6. The van der Waals surface area contributed by atoms with Gasteiger partial charge in [0.25, 0.3) is 0 Å². The van der Waals surface area contributed by atoms with Gasteiger partial charge in [-0.3, -0.25) is 0 Å². The maximum absolute atomic E-state index is 13.1. The number of hydrogen-bond acceptors (Lipinski definition) is 9. The third kappa shape index (κ3) is 5.25. The molecule has 0 aliphatic carbocycles. The second kappa shape index (κ2) is 9.73. The minimum absolute atomic E-state index is 0.00152. The van der Waals surface area contributed by atoms with Crippen LogP contribution in [-0.2, 0) is 5.75 Å². The Labute approximate surface area is 175 Å².